The fraction of sp³-hybridized carbons (Fsp3) is 0.154. The van der Waals surface area contributed by atoms with Gasteiger partial charge in [-0.05, 0) is 67.3 Å². The molecule has 0 atom stereocenters. The van der Waals surface area contributed by atoms with Crippen LogP contribution in [0, 0.1) is 32.1 Å². The number of nitrogens with one attached hydrogen (secondary N) is 1. The Morgan fingerprint density at radius 3 is 2.30 bits per heavy atom. The minimum Gasteiger partial charge on any atom is -0.489 e. The van der Waals surface area contributed by atoms with E-state index in [-0.39, 0.29) is 5.57 Å². The zero-order valence-electron chi connectivity index (χ0n) is 17.4. The number of carbonyl (C=O) groups is 1. The summed E-state index contributed by atoms with van der Waals surface area (Å²) >= 11 is 0. The molecule has 0 fully saturated rings. The first-order valence-corrected chi connectivity index (χ1v) is 9.73. The summed E-state index contributed by atoms with van der Waals surface area (Å²) in [6.45, 7) is 6.41. The van der Waals surface area contributed by atoms with Crippen LogP contribution in [0.3, 0.4) is 0 Å². The number of anilines is 1. The van der Waals surface area contributed by atoms with Gasteiger partial charge in [-0.25, -0.2) is 0 Å². The molecular weight excluding hydrogens is 372 g/mol. The van der Waals surface area contributed by atoms with Crippen LogP contribution in [0.25, 0.3) is 6.08 Å². The largest absolute Gasteiger partial charge is 0.489 e. The van der Waals surface area contributed by atoms with Crippen LogP contribution in [0.15, 0.2) is 72.3 Å². The number of nitriles is 1. The van der Waals surface area contributed by atoms with Crippen molar-refractivity contribution in [2.24, 2.45) is 0 Å². The molecule has 0 saturated heterocycles. The average molecular weight is 396 g/mol. The van der Waals surface area contributed by atoms with E-state index in [1.165, 1.54) is 5.56 Å². The Labute approximate surface area is 177 Å². The predicted octanol–water partition coefficient (Wildman–Crippen LogP) is 5.74. The first-order chi connectivity index (χ1) is 14.4. The lowest BCUT2D eigenvalue weighted by Crippen LogP contribution is -2.14. The molecule has 4 heteroatoms. The number of carbonyl (C=O) groups excluding carboxylic acids is 1. The Balaban J connectivity index is 1.66. The van der Waals surface area contributed by atoms with Crippen molar-refractivity contribution >= 4 is 17.7 Å². The molecule has 0 aliphatic rings. The van der Waals surface area contributed by atoms with Crippen LogP contribution in [0.2, 0.25) is 0 Å². The van der Waals surface area contributed by atoms with Gasteiger partial charge in [-0.15, -0.1) is 0 Å². The van der Waals surface area contributed by atoms with Gasteiger partial charge in [0, 0.05) is 5.69 Å². The van der Waals surface area contributed by atoms with E-state index >= 15 is 0 Å². The van der Waals surface area contributed by atoms with E-state index in [9.17, 15) is 10.1 Å². The average Bonchev–Trinajstić information content (AvgIpc) is 2.75. The summed E-state index contributed by atoms with van der Waals surface area (Å²) < 4.78 is 5.80. The van der Waals surface area contributed by atoms with E-state index in [0.29, 0.717) is 12.3 Å². The summed E-state index contributed by atoms with van der Waals surface area (Å²) in [7, 11) is 0. The van der Waals surface area contributed by atoms with Crippen molar-refractivity contribution in [2.45, 2.75) is 27.4 Å². The standard InChI is InChI=1S/C26H24N2O2/c1-18-5-8-22(9-6-18)17-30-24-12-10-21(11-13-24)15-23(16-27)26(29)28-25-14-19(2)4-7-20(25)3/h4-15H,17H2,1-3H3,(H,28,29)/b23-15-. The number of rotatable bonds is 6. The van der Waals surface area contributed by atoms with Crippen molar-refractivity contribution in [2.75, 3.05) is 5.32 Å². The molecule has 0 aliphatic carbocycles. The first-order valence-electron chi connectivity index (χ1n) is 9.73. The third-order valence-corrected chi connectivity index (χ3v) is 4.72. The fourth-order valence-corrected chi connectivity index (χ4v) is 2.89. The molecule has 0 spiro atoms. The molecule has 0 heterocycles. The van der Waals surface area contributed by atoms with Gasteiger partial charge in [-0.3, -0.25) is 4.79 Å². The molecule has 150 valence electrons. The minimum atomic E-state index is -0.425. The second kappa shape index (κ2) is 9.58. The van der Waals surface area contributed by atoms with Crippen molar-refractivity contribution in [1.82, 2.24) is 0 Å². The molecule has 3 aromatic carbocycles. The topological polar surface area (TPSA) is 62.1 Å². The molecule has 0 saturated carbocycles. The highest BCUT2D eigenvalue weighted by atomic mass is 16.5. The lowest BCUT2D eigenvalue weighted by Gasteiger charge is -2.09. The Morgan fingerprint density at radius 1 is 0.967 bits per heavy atom. The molecule has 0 aromatic heterocycles. The SMILES string of the molecule is Cc1ccc(COc2ccc(/C=C(/C#N)C(=O)Nc3cc(C)ccc3C)cc2)cc1. The summed E-state index contributed by atoms with van der Waals surface area (Å²) in [6, 6.07) is 23.3. The van der Waals surface area contributed by atoms with Crippen molar-refractivity contribution in [3.63, 3.8) is 0 Å². The maximum absolute atomic E-state index is 12.5. The number of benzene rings is 3. The van der Waals surface area contributed by atoms with E-state index < -0.39 is 5.91 Å². The van der Waals surface area contributed by atoms with Gasteiger partial charge in [0.2, 0.25) is 0 Å². The maximum Gasteiger partial charge on any atom is 0.266 e. The Morgan fingerprint density at radius 2 is 1.63 bits per heavy atom. The van der Waals surface area contributed by atoms with Gasteiger partial charge < -0.3 is 10.1 Å². The van der Waals surface area contributed by atoms with Crippen LogP contribution in [0.4, 0.5) is 5.69 Å². The Kier molecular flexibility index (Phi) is 6.67. The molecule has 4 nitrogen and oxygen atoms in total. The third kappa shape index (κ3) is 5.59. The molecule has 1 N–H and O–H groups in total. The number of hydrogen-bond donors (Lipinski definition) is 1. The first kappa shape index (κ1) is 20.9. The van der Waals surface area contributed by atoms with Crippen molar-refractivity contribution < 1.29 is 9.53 Å². The lowest BCUT2D eigenvalue weighted by molar-refractivity contribution is -0.112. The molecule has 30 heavy (non-hydrogen) atoms. The molecule has 3 rings (SSSR count). The lowest BCUT2D eigenvalue weighted by atomic mass is 10.1. The van der Waals surface area contributed by atoms with Gasteiger partial charge >= 0.3 is 0 Å². The van der Waals surface area contributed by atoms with E-state index in [0.717, 1.165) is 28.0 Å². The number of hydrogen-bond acceptors (Lipinski definition) is 3. The monoisotopic (exact) mass is 396 g/mol. The van der Waals surface area contributed by atoms with Crippen LogP contribution in [0.5, 0.6) is 5.75 Å². The summed E-state index contributed by atoms with van der Waals surface area (Å²) in [5.74, 6) is 0.303. The van der Waals surface area contributed by atoms with E-state index in [4.69, 9.17) is 4.74 Å². The van der Waals surface area contributed by atoms with Gasteiger partial charge in [0.1, 0.15) is 24.0 Å². The Hall–Kier alpha value is -3.84. The summed E-state index contributed by atoms with van der Waals surface area (Å²) in [5, 5.41) is 12.3. The number of ether oxygens (including phenoxy) is 1. The van der Waals surface area contributed by atoms with Gasteiger partial charge in [0.05, 0.1) is 0 Å². The molecule has 0 bridgehead atoms. The molecule has 3 aromatic rings. The second-order valence-electron chi connectivity index (χ2n) is 7.29. The zero-order chi connectivity index (χ0) is 21.5. The van der Waals surface area contributed by atoms with Gasteiger partial charge in [0.15, 0.2) is 0 Å². The van der Waals surface area contributed by atoms with Crippen molar-refractivity contribution in [3.8, 4) is 11.8 Å². The zero-order valence-corrected chi connectivity index (χ0v) is 17.4. The van der Waals surface area contributed by atoms with E-state index in [1.807, 2.05) is 74.5 Å². The summed E-state index contributed by atoms with van der Waals surface area (Å²) in [6.07, 6.45) is 1.57. The van der Waals surface area contributed by atoms with Gasteiger partial charge in [-0.2, -0.15) is 5.26 Å². The van der Waals surface area contributed by atoms with Crippen LogP contribution in [-0.4, -0.2) is 5.91 Å². The number of nitrogens with zero attached hydrogens (tertiary/aromatic N) is 1. The van der Waals surface area contributed by atoms with Gasteiger partial charge in [0.25, 0.3) is 5.91 Å². The molecular formula is C26H24N2O2. The highest BCUT2D eigenvalue weighted by molar-refractivity contribution is 6.10. The van der Waals surface area contributed by atoms with Crippen LogP contribution < -0.4 is 10.1 Å². The quantitative estimate of drug-likeness (QED) is 0.427. The fourth-order valence-electron chi connectivity index (χ4n) is 2.89. The molecule has 1 amide bonds. The summed E-state index contributed by atoms with van der Waals surface area (Å²) in [4.78, 5) is 12.5. The molecule has 0 unspecified atom stereocenters. The normalized spacial score (nSPS) is 10.9. The van der Waals surface area contributed by atoms with Crippen molar-refractivity contribution in [1.29, 1.82) is 5.26 Å². The molecule has 0 aliphatic heterocycles. The van der Waals surface area contributed by atoms with Crippen molar-refractivity contribution in [3.05, 3.63) is 100 Å². The highest BCUT2D eigenvalue weighted by Crippen LogP contribution is 2.19. The van der Waals surface area contributed by atoms with Crippen LogP contribution >= 0.6 is 0 Å². The minimum absolute atomic E-state index is 0.0456. The number of amides is 1. The van der Waals surface area contributed by atoms with E-state index in [2.05, 4.69) is 24.4 Å². The third-order valence-electron chi connectivity index (χ3n) is 4.72. The van der Waals surface area contributed by atoms with E-state index in [1.54, 1.807) is 6.08 Å². The highest BCUT2D eigenvalue weighted by Gasteiger charge is 2.11. The maximum atomic E-state index is 12.5. The van der Waals surface area contributed by atoms with Gasteiger partial charge in [-0.1, -0.05) is 54.1 Å². The Bertz CT molecular complexity index is 1110. The number of aryl methyl sites for hydroxylation is 3. The van der Waals surface area contributed by atoms with Crippen LogP contribution in [0.1, 0.15) is 27.8 Å². The predicted molar refractivity (Wildman–Crippen MR) is 120 cm³/mol. The second-order valence-corrected chi connectivity index (χ2v) is 7.29. The smallest absolute Gasteiger partial charge is 0.266 e. The summed E-state index contributed by atoms with van der Waals surface area (Å²) in [5.41, 5.74) is 5.81. The van der Waals surface area contributed by atoms with Crippen LogP contribution in [-0.2, 0) is 11.4 Å². The molecule has 0 radical (unpaired) electrons.